The van der Waals surface area contributed by atoms with Crippen molar-refractivity contribution in [1.82, 2.24) is 4.31 Å². The second-order valence-corrected chi connectivity index (χ2v) is 7.26. The fraction of sp³-hybridized carbons (Fsp3) is 0.278. The van der Waals surface area contributed by atoms with Gasteiger partial charge in [-0.15, -0.1) is 0 Å². The van der Waals surface area contributed by atoms with E-state index < -0.39 is 22.0 Å². The second-order valence-electron chi connectivity index (χ2n) is 5.45. The molecule has 0 spiro atoms. The highest BCUT2D eigenvalue weighted by molar-refractivity contribution is 7.89. The number of carbonyl (C=O) groups excluding carboxylic acids is 1. The van der Waals surface area contributed by atoms with Crippen molar-refractivity contribution in [2.75, 3.05) is 0 Å². The maximum absolute atomic E-state index is 13.0. The van der Waals surface area contributed by atoms with E-state index in [9.17, 15) is 13.2 Å². The summed E-state index contributed by atoms with van der Waals surface area (Å²) >= 11 is 0. The smallest absolute Gasteiger partial charge is 0.267 e. The molecule has 0 saturated heterocycles. The lowest BCUT2D eigenvalue weighted by molar-refractivity contribution is -0.127. The summed E-state index contributed by atoms with van der Waals surface area (Å²) in [4.78, 5) is 12.5. The SMILES string of the molecule is CCC(=O)N([C@H](C)c1ccccc1)S(=O)(=O)c1ccc(C)cc1. The van der Waals surface area contributed by atoms with Crippen molar-refractivity contribution in [3.63, 3.8) is 0 Å². The molecule has 0 fully saturated rings. The van der Waals surface area contributed by atoms with E-state index in [1.807, 2.05) is 37.3 Å². The Bertz CT molecular complexity index is 768. The third-order valence-electron chi connectivity index (χ3n) is 3.76. The molecule has 5 heteroatoms. The van der Waals surface area contributed by atoms with Gasteiger partial charge in [-0.2, -0.15) is 0 Å². The van der Waals surface area contributed by atoms with Crippen molar-refractivity contribution in [1.29, 1.82) is 0 Å². The first-order valence-electron chi connectivity index (χ1n) is 7.56. The Kier molecular flexibility index (Phi) is 5.21. The summed E-state index contributed by atoms with van der Waals surface area (Å²) in [5, 5.41) is 0. The van der Waals surface area contributed by atoms with Crippen LogP contribution in [0.1, 0.15) is 37.4 Å². The lowest BCUT2D eigenvalue weighted by Gasteiger charge is -2.28. The highest BCUT2D eigenvalue weighted by Crippen LogP contribution is 2.28. The van der Waals surface area contributed by atoms with Crippen molar-refractivity contribution >= 4 is 15.9 Å². The van der Waals surface area contributed by atoms with E-state index >= 15 is 0 Å². The van der Waals surface area contributed by atoms with Crippen LogP contribution < -0.4 is 0 Å². The average molecular weight is 331 g/mol. The minimum atomic E-state index is -3.89. The first-order valence-corrected chi connectivity index (χ1v) is 9.00. The number of aryl methyl sites for hydroxylation is 1. The van der Waals surface area contributed by atoms with Gasteiger partial charge in [-0.25, -0.2) is 12.7 Å². The van der Waals surface area contributed by atoms with Gasteiger partial charge in [0.1, 0.15) is 0 Å². The zero-order valence-corrected chi connectivity index (χ0v) is 14.4. The van der Waals surface area contributed by atoms with E-state index in [0.29, 0.717) is 0 Å². The molecular formula is C18H21NO3S. The molecule has 1 amide bonds. The normalized spacial score (nSPS) is 12.7. The van der Waals surface area contributed by atoms with Crippen molar-refractivity contribution < 1.29 is 13.2 Å². The van der Waals surface area contributed by atoms with Gasteiger partial charge in [-0.1, -0.05) is 55.0 Å². The van der Waals surface area contributed by atoms with Crippen LogP contribution in [0.2, 0.25) is 0 Å². The summed E-state index contributed by atoms with van der Waals surface area (Å²) in [6, 6.07) is 15.2. The van der Waals surface area contributed by atoms with Crippen LogP contribution in [0.25, 0.3) is 0 Å². The van der Waals surface area contributed by atoms with Gasteiger partial charge in [-0.3, -0.25) is 4.79 Å². The second kappa shape index (κ2) is 6.96. The molecule has 2 aromatic rings. The van der Waals surface area contributed by atoms with E-state index in [-0.39, 0.29) is 11.3 Å². The fourth-order valence-electron chi connectivity index (χ4n) is 2.40. The summed E-state index contributed by atoms with van der Waals surface area (Å²) in [5.74, 6) is -0.415. The molecule has 0 saturated carbocycles. The van der Waals surface area contributed by atoms with Crippen LogP contribution in [-0.4, -0.2) is 18.6 Å². The Morgan fingerprint density at radius 2 is 1.61 bits per heavy atom. The van der Waals surface area contributed by atoms with Gasteiger partial charge in [0.25, 0.3) is 10.0 Å². The molecular weight excluding hydrogens is 310 g/mol. The number of nitrogens with zero attached hydrogens (tertiary/aromatic N) is 1. The first kappa shape index (κ1) is 17.2. The van der Waals surface area contributed by atoms with Crippen molar-refractivity contribution in [3.8, 4) is 0 Å². The highest BCUT2D eigenvalue weighted by Gasteiger charge is 2.33. The van der Waals surface area contributed by atoms with Gasteiger partial charge in [-0.05, 0) is 31.5 Å². The van der Waals surface area contributed by atoms with Gasteiger partial charge in [0.2, 0.25) is 5.91 Å². The monoisotopic (exact) mass is 331 g/mol. The minimum Gasteiger partial charge on any atom is -0.274 e. The third kappa shape index (κ3) is 3.62. The molecule has 122 valence electrons. The average Bonchev–Trinajstić information content (AvgIpc) is 2.55. The quantitative estimate of drug-likeness (QED) is 0.840. The van der Waals surface area contributed by atoms with E-state index in [1.165, 1.54) is 0 Å². The number of hydrogen-bond donors (Lipinski definition) is 0. The molecule has 2 aromatic carbocycles. The van der Waals surface area contributed by atoms with E-state index in [0.717, 1.165) is 15.4 Å². The van der Waals surface area contributed by atoms with Gasteiger partial charge in [0.15, 0.2) is 0 Å². The summed E-state index contributed by atoms with van der Waals surface area (Å²) in [7, 11) is -3.89. The fourth-order valence-corrected chi connectivity index (χ4v) is 4.05. The molecule has 0 aliphatic carbocycles. The summed E-state index contributed by atoms with van der Waals surface area (Å²) in [5.41, 5.74) is 1.75. The molecule has 0 bridgehead atoms. The Morgan fingerprint density at radius 1 is 1.04 bits per heavy atom. The molecule has 0 aliphatic heterocycles. The molecule has 0 aromatic heterocycles. The van der Waals surface area contributed by atoms with Crippen molar-refractivity contribution in [2.24, 2.45) is 0 Å². The zero-order chi connectivity index (χ0) is 17.0. The van der Waals surface area contributed by atoms with Crippen LogP contribution in [0, 0.1) is 6.92 Å². The topological polar surface area (TPSA) is 54.5 Å². The number of amides is 1. The molecule has 0 heterocycles. The van der Waals surface area contributed by atoms with Gasteiger partial charge in [0.05, 0.1) is 10.9 Å². The highest BCUT2D eigenvalue weighted by atomic mass is 32.2. The summed E-state index contributed by atoms with van der Waals surface area (Å²) < 4.78 is 26.9. The lowest BCUT2D eigenvalue weighted by atomic mass is 10.1. The van der Waals surface area contributed by atoms with E-state index in [4.69, 9.17) is 0 Å². The van der Waals surface area contributed by atoms with Crippen LogP contribution in [0.3, 0.4) is 0 Å². The Morgan fingerprint density at radius 3 is 2.13 bits per heavy atom. The summed E-state index contributed by atoms with van der Waals surface area (Å²) in [6.45, 7) is 5.28. The van der Waals surface area contributed by atoms with Gasteiger partial charge in [0, 0.05) is 6.42 Å². The van der Waals surface area contributed by atoms with Crippen LogP contribution >= 0.6 is 0 Å². The van der Waals surface area contributed by atoms with Crippen molar-refractivity contribution in [2.45, 2.75) is 38.1 Å². The zero-order valence-electron chi connectivity index (χ0n) is 13.6. The van der Waals surface area contributed by atoms with Gasteiger partial charge < -0.3 is 0 Å². The van der Waals surface area contributed by atoms with Crippen LogP contribution in [0.4, 0.5) is 0 Å². The Labute approximate surface area is 137 Å². The van der Waals surface area contributed by atoms with Crippen molar-refractivity contribution in [3.05, 3.63) is 65.7 Å². The molecule has 4 nitrogen and oxygen atoms in total. The lowest BCUT2D eigenvalue weighted by Crippen LogP contribution is -2.38. The van der Waals surface area contributed by atoms with E-state index in [2.05, 4.69) is 0 Å². The largest absolute Gasteiger partial charge is 0.274 e. The molecule has 1 atom stereocenters. The molecule has 0 N–H and O–H groups in total. The number of benzene rings is 2. The Balaban J connectivity index is 2.50. The maximum Gasteiger partial charge on any atom is 0.267 e. The number of carbonyl (C=O) groups is 1. The van der Waals surface area contributed by atoms with Crippen LogP contribution in [-0.2, 0) is 14.8 Å². The van der Waals surface area contributed by atoms with Gasteiger partial charge >= 0.3 is 0 Å². The molecule has 2 rings (SSSR count). The standard InChI is InChI=1S/C18H21NO3S/c1-4-18(20)19(15(3)16-8-6-5-7-9-16)23(21,22)17-12-10-14(2)11-13-17/h5-13,15H,4H2,1-3H3/t15-/m1/s1. The molecule has 23 heavy (non-hydrogen) atoms. The Hall–Kier alpha value is -2.14. The minimum absolute atomic E-state index is 0.127. The van der Waals surface area contributed by atoms with Crippen LogP contribution in [0.15, 0.2) is 59.5 Å². The molecule has 0 radical (unpaired) electrons. The molecule has 0 aliphatic rings. The van der Waals surface area contributed by atoms with E-state index in [1.54, 1.807) is 38.1 Å². The third-order valence-corrected chi connectivity index (χ3v) is 5.67. The molecule has 0 unspecified atom stereocenters. The maximum atomic E-state index is 13.0. The number of sulfonamides is 1. The van der Waals surface area contributed by atoms with Crippen LogP contribution in [0.5, 0.6) is 0 Å². The number of rotatable bonds is 5. The first-order chi connectivity index (χ1) is 10.9. The number of hydrogen-bond acceptors (Lipinski definition) is 3. The predicted molar refractivity (Wildman–Crippen MR) is 90.4 cm³/mol. The predicted octanol–water partition coefficient (Wildman–Crippen LogP) is 3.68. The summed E-state index contributed by atoms with van der Waals surface area (Å²) in [6.07, 6.45) is 0.127.